The number of nitrogens with zero attached hydrogens (tertiary/aromatic N) is 4. The van der Waals surface area contributed by atoms with Crippen molar-refractivity contribution in [2.24, 2.45) is 0 Å². The first-order valence-electron chi connectivity index (χ1n) is 7.50. The van der Waals surface area contributed by atoms with Crippen LogP contribution in [0.2, 0.25) is 0 Å². The Morgan fingerprint density at radius 1 is 1.17 bits per heavy atom. The summed E-state index contributed by atoms with van der Waals surface area (Å²) >= 11 is 3.37. The maximum Gasteiger partial charge on any atom is 0.255 e. The standard InChI is InChI=1S/C17H16BrN5O/c1-11(2)23-16(20-21-22-23)12-4-3-5-13(10-12)17(24)19-15-8-6-14(18)7-9-15/h3-11H,1-2H3,(H,19,24). The summed E-state index contributed by atoms with van der Waals surface area (Å²) < 4.78 is 2.69. The van der Waals surface area contributed by atoms with E-state index in [-0.39, 0.29) is 11.9 Å². The highest BCUT2D eigenvalue weighted by Gasteiger charge is 2.14. The molecule has 0 saturated heterocycles. The minimum Gasteiger partial charge on any atom is -0.322 e. The van der Waals surface area contributed by atoms with E-state index in [4.69, 9.17) is 0 Å². The molecule has 1 aromatic heterocycles. The van der Waals surface area contributed by atoms with Crippen molar-refractivity contribution in [3.8, 4) is 11.4 Å². The van der Waals surface area contributed by atoms with E-state index in [9.17, 15) is 4.79 Å². The zero-order valence-electron chi connectivity index (χ0n) is 13.3. The number of halogens is 1. The third kappa shape index (κ3) is 3.51. The Hall–Kier alpha value is -2.54. The van der Waals surface area contributed by atoms with E-state index in [1.54, 1.807) is 16.8 Å². The van der Waals surface area contributed by atoms with Crippen LogP contribution in [0, 0.1) is 0 Å². The van der Waals surface area contributed by atoms with Gasteiger partial charge in [0.1, 0.15) is 0 Å². The number of hydrogen-bond donors (Lipinski definition) is 1. The minimum absolute atomic E-state index is 0.134. The van der Waals surface area contributed by atoms with Crippen molar-refractivity contribution < 1.29 is 4.79 Å². The Labute approximate surface area is 148 Å². The van der Waals surface area contributed by atoms with E-state index in [2.05, 4.69) is 36.8 Å². The van der Waals surface area contributed by atoms with Gasteiger partial charge >= 0.3 is 0 Å². The van der Waals surface area contributed by atoms with Gasteiger partial charge < -0.3 is 5.32 Å². The lowest BCUT2D eigenvalue weighted by Crippen LogP contribution is -2.12. The summed E-state index contributed by atoms with van der Waals surface area (Å²) in [5, 5.41) is 14.7. The molecule has 0 saturated carbocycles. The van der Waals surface area contributed by atoms with Crippen molar-refractivity contribution in [1.29, 1.82) is 0 Å². The number of aromatic nitrogens is 4. The van der Waals surface area contributed by atoms with Crippen LogP contribution in [-0.4, -0.2) is 26.1 Å². The predicted molar refractivity (Wildman–Crippen MR) is 95.7 cm³/mol. The number of hydrogen-bond acceptors (Lipinski definition) is 4. The maximum absolute atomic E-state index is 12.5. The number of carbonyl (C=O) groups excluding carboxylic acids is 1. The Balaban J connectivity index is 1.86. The second-order valence-corrected chi connectivity index (χ2v) is 6.50. The number of anilines is 1. The van der Waals surface area contributed by atoms with Crippen LogP contribution in [0.15, 0.2) is 53.0 Å². The first-order chi connectivity index (χ1) is 11.5. The van der Waals surface area contributed by atoms with E-state index in [0.29, 0.717) is 11.4 Å². The van der Waals surface area contributed by atoms with Crippen LogP contribution in [0.4, 0.5) is 5.69 Å². The maximum atomic E-state index is 12.5. The Morgan fingerprint density at radius 3 is 2.62 bits per heavy atom. The van der Waals surface area contributed by atoms with Crippen molar-refractivity contribution in [3.63, 3.8) is 0 Å². The van der Waals surface area contributed by atoms with Crippen LogP contribution in [-0.2, 0) is 0 Å². The molecule has 1 N–H and O–H groups in total. The zero-order chi connectivity index (χ0) is 17.1. The first-order valence-corrected chi connectivity index (χ1v) is 8.29. The van der Waals surface area contributed by atoms with Crippen LogP contribution in [0.5, 0.6) is 0 Å². The molecule has 0 aliphatic carbocycles. The molecule has 0 fully saturated rings. The first kappa shape index (κ1) is 16.3. The van der Waals surface area contributed by atoms with Gasteiger partial charge in [0.15, 0.2) is 5.82 Å². The molecule has 0 aliphatic heterocycles. The van der Waals surface area contributed by atoms with Gasteiger partial charge in [0.2, 0.25) is 0 Å². The summed E-state index contributed by atoms with van der Waals surface area (Å²) in [6.07, 6.45) is 0. The van der Waals surface area contributed by atoms with Crippen molar-refractivity contribution >= 4 is 27.5 Å². The van der Waals surface area contributed by atoms with Crippen molar-refractivity contribution in [1.82, 2.24) is 20.2 Å². The van der Waals surface area contributed by atoms with E-state index >= 15 is 0 Å². The normalized spacial score (nSPS) is 10.8. The second kappa shape index (κ2) is 6.92. The fourth-order valence-corrected chi connectivity index (χ4v) is 2.53. The summed E-state index contributed by atoms with van der Waals surface area (Å²) in [6.45, 7) is 4.01. The summed E-state index contributed by atoms with van der Waals surface area (Å²) in [7, 11) is 0. The summed E-state index contributed by atoms with van der Waals surface area (Å²) in [5.74, 6) is 0.464. The largest absolute Gasteiger partial charge is 0.322 e. The van der Waals surface area contributed by atoms with E-state index < -0.39 is 0 Å². The summed E-state index contributed by atoms with van der Waals surface area (Å²) in [5.41, 5.74) is 2.09. The van der Waals surface area contributed by atoms with Crippen LogP contribution < -0.4 is 5.32 Å². The molecule has 0 radical (unpaired) electrons. The third-order valence-corrected chi connectivity index (χ3v) is 4.00. The second-order valence-electron chi connectivity index (χ2n) is 5.58. The molecule has 3 rings (SSSR count). The van der Waals surface area contributed by atoms with Crippen molar-refractivity contribution in [2.45, 2.75) is 19.9 Å². The van der Waals surface area contributed by atoms with Gasteiger partial charge in [0.05, 0.1) is 6.04 Å². The molecule has 0 bridgehead atoms. The van der Waals surface area contributed by atoms with Crippen LogP contribution >= 0.6 is 15.9 Å². The molecule has 0 spiro atoms. The number of carbonyl (C=O) groups is 1. The highest BCUT2D eigenvalue weighted by Crippen LogP contribution is 2.21. The molecule has 3 aromatic rings. The Bertz CT molecular complexity index is 857. The van der Waals surface area contributed by atoms with Crippen LogP contribution in [0.1, 0.15) is 30.2 Å². The number of benzene rings is 2. The van der Waals surface area contributed by atoms with Gasteiger partial charge in [-0.3, -0.25) is 4.79 Å². The SMILES string of the molecule is CC(C)n1nnnc1-c1cccc(C(=O)Nc2ccc(Br)cc2)c1. The predicted octanol–water partition coefficient (Wildman–Crippen LogP) is 3.94. The average molecular weight is 386 g/mol. The highest BCUT2D eigenvalue weighted by molar-refractivity contribution is 9.10. The molecule has 0 unspecified atom stereocenters. The lowest BCUT2D eigenvalue weighted by atomic mass is 10.1. The molecule has 2 aromatic carbocycles. The number of amides is 1. The van der Waals surface area contributed by atoms with Crippen LogP contribution in [0.3, 0.4) is 0 Å². The molecule has 1 heterocycles. The van der Waals surface area contributed by atoms with E-state index in [1.165, 1.54) is 0 Å². The smallest absolute Gasteiger partial charge is 0.255 e. The van der Waals surface area contributed by atoms with Crippen LogP contribution in [0.25, 0.3) is 11.4 Å². The number of nitrogens with one attached hydrogen (secondary N) is 1. The molecule has 0 aliphatic rings. The fraction of sp³-hybridized carbons (Fsp3) is 0.176. The highest BCUT2D eigenvalue weighted by atomic mass is 79.9. The lowest BCUT2D eigenvalue weighted by Gasteiger charge is -2.09. The molecule has 122 valence electrons. The molecular weight excluding hydrogens is 370 g/mol. The summed E-state index contributed by atoms with van der Waals surface area (Å²) in [6, 6.07) is 14.8. The Kier molecular flexibility index (Phi) is 4.71. The molecule has 7 heteroatoms. The number of tetrazole rings is 1. The Morgan fingerprint density at radius 2 is 1.92 bits per heavy atom. The van der Waals surface area contributed by atoms with Gasteiger partial charge in [-0.05, 0) is 60.7 Å². The molecule has 6 nitrogen and oxygen atoms in total. The quantitative estimate of drug-likeness (QED) is 0.737. The monoisotopic (exact) mass is 385 g/mol. The molecule has 24 heavy (non-hydrogen) atoms. The van der Waals surface area contributed by atoms with Crippen molar-refractivity contribution in [3.05, 3.63) is 58.6 Å². The van der Waals surface area contributed by atoms with Gasteiger partial charge in [0, 0.05) is 21.3 Å². The third-order valence-electron chi connectivity index (χ3n) is 3.47. The molecule has 1 amide bonds. The van der Waals surface area contributed by atoms with Gasteiger partial charge in [-0.15, -0.1) is 5.10 Å². The van der Waals surface area contributed by atoms with Gasteiger partial charge in [-0.1, -0.05) is 28.1 Å². The fourth-order valence-electron chi connectivity index (χ4n) is 2.27. The minimum atomic E-state index is -0.178. The average Bonchev–Trinajstić information content (AvgIpc) is 3.07. The molecular formula is C17H16BrN5O. The lowest BCUT2D eigenvalue weighted by molar-refractivity contribution is 0.102. The van der Waals surface area contributed by atoms with Crippen molar-refractivity contribution in [2.75, 3.05) is 5.32 Å². The van der Waals surface area contributed by atoms with Gasteiger partial charge in [-0.2, -0.15) is 0 Å². The zero-order valence-corrected chi connectivity index (χ0v) is 14.9. The van der Waals surface area contributed by atoms with E-state index in [0.717, 1.165) is 15.7 Å². The summed E-state index contributed by atoms with van der Waals surface area (Å²) in [4.78, 5) is 12.5. The van der Waals surface area contributed by atoms with Gasteiger partial charge in [0.25, 0.3) is 5.91 Å². The van der Waals surface area contributed by atoms with E-state index in [1.807, 2.05) is 50.2 Å². The van der Waals surface area contributed by atoms with Gasteiger partial charge in [-0.25, -0.2) is 4.68 Å². The topological polar surface area (TPSA) is 72.7 Å². The molecule has 0 atom stereocenters. The number of rotatable bonds is 4.